The van der Waals surface area contributed by atoms with E-state index >= 15 is 0 Å². The van der Waals surface area contributed by atoms with Gasteiger partial charge in [0.15, 0.2) is 0 Å². The molecule has 0 bridgehead atoms. The molecule has 1 aliphatic heterocycles. The van der Waals surface area contributed by atoms with Crippen molar-refractivity contribution < 1.29 is 23.9 Å². The number of piperidine rings is 1. The first-order valence-corrected chi connectivity index (χ1v) is 10.8. The van der Waals surface area contributed by atoms with Crippen LogP contribution in [-0.4, -0.2) is 61.2 Å². The molecule has 0 spiro atoms. The van der Waals surface area contributed by atoms with Gasteiger partial charge in [0, 0.05) is 38.5 Å². The van der Waals surface area contributed by atoms with E-state index in [1.165, 1.54) is 0 Å². The second-order valence-electron chi connectivity index (χ2n) is 8.71. The zero-order valence-corrected chi connectivity index (χ0v) is 19.0. The largest absolute Gasteiger partial charge is 0.496 e. The Morgan fingerprint density at radius 1 is 1.10 bits per heavy atom. The van der Waals surface area contributed by atoms with Gasteiger partial charge in [0.1, 0.15) is 11.4 Å². The SMILES string of the molecule is COc1ccccc1CCC(=O)N1CCC(NC(=O)CCNC(=O)OC(C)(C)C)CC1. The second-order valence-corrected chi connectivity index (χ2v) is 8.71. The Labute approximate surface area is 184 Å². The van der Waals surface area contributed by atoms with Crippen LogP contribution in [0.15, 0.2) is 24.3 Å². The number of hydrogen-bond acceptors (Lipinski definition) is 5. The van der Waals surface area contributed by atoms with Crippen LogP contribution in [0.3, 0.4) is 0 Å². The summed E-state index contributed by atoms with van der Waals surface area (Å²) in [5.41, 5.74) is 0.464. The number of methoxy groups -OCH3 is 1. The fraction of sp³-hybridized carbons (Fsp3) is 0.609. The average molecular weight is 434 g/mol. The number of benzene rings is 1. The monoisotopic (exact) mass is 433 g/mol. The first-order chi connectivity index (χ1) is 14.7. The van der Waals surface area contributed by atoms with Gasteiger partial charge < -0.3 is 25.0 Å². The van der Waals surface area contributed by atoms with Gasteiger partial charge in [-0.1, -0.05) is 18.2 Å². The van der Waals surface area contributed by atoms with E-state index in [0.29, 0.717) is 25.9 Å². The van der Waals surface area contributed by atoms with Crippen LogP contribution in [0.5, 0.6) is 5.75 Å². The molecule has 3 amide bonds. The summed E-state index contributed by atoms with van der Waals surface area (Å²) in [5.74, 6) is 0.812. The number of hydrogen-bond donors (Lipinski definition) is 2. The Hall–Kier alpha value is -2.77. The lowest BCUT2D eigenvalue weighted by molar-refractivity contribution is -0.132. The topological polar surface area (TPSA) is 97.0 Å². The first-order valence-electron chi connectivity index (χ1n) is 10.8. The van der Waals surface area contributed by atoms with Gasteiger partial charge in [-0.15, -0.1) is 0 Å². The number of alkyl carbamates (subject to hydrolysis) is 1. The Balaban J connectivity index is 1.64. The third kappa shape index (κ3) is 8.86. The molecule has 0 radical (unpaired) electrons. The minimum absolute atomic E-state index is 0.0484. The van der Waals surface area contributed by atoms with Gasteiger partial charge in [0.25, 0.3) is 0 Å². The quantitative estimate of drug-likeness (QED) is 0.657. The number of nitrogens with one attached hydrogen (secondary N) is 2. The molecule has 1 saturated heterocycles. The number of rotatable bonds is 8. The molecule has 2 N–H and O–H groups in total. The number of amides is 3. The number of ether oxygens (including phenoxy) is 2. The summed E-state index contributed by atoms with van der Waals surface area (Å²) >= 11 is 0. The fourth-order valence-electron chi connectivity index (χ4n) is 3.47. The van der Waals surface area contributed by atoms with Crippen molar-refractivity contribution in [2.75, 3.05) is 26.7 Å². The van der Waals surface area contributed by atoms with Gasteiger partial charge in [-0.3, -0.25) is 9.59 Å². The number of aryl methyl sites for hydroxylation is 1. The molecule has 1 aromatic carbocycles. The predicted octanol–water partition coefficient (Wildman–Crippen LogP) is 2.65. The molecule has 0 aromatic heterocycles. The average Bonchev–Trinajstić information content (AvgIpc) is 2.71. The van der Waals surface area contributed by atoms with E-state index in [9.17, 15) is 14.4 Å². The lowest BCUT2D eigenvalue weighted by Crippen LogP contribution is -2.47. The fourth-order valence-corrected chi connectivity index (χ4v) is 3.47. The van der Waals surface area contributed by atoms with Gasteiger partial charge >= 0.3 is 6.09 Å². The molecule has 8 heteroatoms. The van der Waals surface area contributed by atoms with Crippen LogP contribution in [0.4, 0.5) is 4.79 Å². The second kappa shape index (κ2) is 11.6. The van der Waals surface area contributed by atoms with Crippen LogP contribution in [0.2, 0.25) is 0 Å². The van der Waals surface area contributed by atoms with Gasteiger partial charge in [-0.05, 0) is 51.7 Å². The smallest absolute Gasteiger partial charge is 0.407 e. The van der Waals surface area contributed by atoms with Gasteiger partial charge in [0.2, 0.25) is 11.8 Å². The van der Waals surface area contributed by atoms with Crippen molar-refractivity contribution in [3.63, 3.8) is 0 Å². The molecule has 172 valence electrons. The van der Waals surface area contributed by atoms with Crippen LogP contribution >= 0.6 is 0 Å². The number of carbonyl (C=O) groups excluding carboxylic acids is 3. The summed E-state index contributed by atoms with van der Waals surface area (Å²) in [6, 6.07) is 7.78. The third-order valence-electron chi connectivity index (χ3n) is 5.03. The predicted molar refractivity (Wildman–Crippen MR) is 118 cm³/mol. The molecule has 1 heterocycles. The standard InChI is InChI=1S/C23H35N3O5/c1-23(2,3)31-22(29)24-14-11-20(27)25-18-12-15-26(16-13-18)21(28)10-9-17-7-5-6-8-19(17)30-4/h5-8,18H,9-16H2,1-4H3,(H,24,29)(H,25,27). The molecule has 1 aromatic rings. The van der Waals surface area contributed by atoms with Crippen molar-refractivity contribution in [3.05, 3.63) is 29.8 Å². The summed E-state index contributed by atoms with van der Waals surface area (Å²) in [6.07, 6.45) is 2.20. The van der Waals surface area contributed by atoms with Gasteiger partial charge in [-0.25, -0.2) is 4.79 Å². The van der Waals surface area contributed by atoms with Crippen molar-refractivity contribution in [3.8, 4) is 5.75 Å². The van der Waals surface area contributed by atoms with E-state index in [1.807, 2.05) is 29.2 Å². The highest BCUT2D eigenvalue weighted by molar-refractivity contribution is 5.78. The summed E-state index contributed by atoms with van der Waals surface area (Å²) in [7, 11) is 1.63. The van der Waals surface area contributed by atoms with E-state index in [1.54, 1.807) is 27.9 Å². The van der Waals surface area contributed by atoms with E-state index in [2.05, 4.69) is 10.6 Å². The maximum Gasteiger partial charge on any atom is 0.407 e. The molecule has 0 unspecified atom stereocenters. The Bertz CT molecular complexity index is 752. The van der Waals surface area contributed by atoms with Gasteiger partial charge in [-0.2, -0.15) is 0 Å². The van der Waals surface area contributed by atoms with Crippen molar-refractivity contribution in [2.24, 2.45) is 0 Å². The van der Waals surface area contributed by atoms with E-state index < -0.39 is 11.7 Å². The summed E-state index contributed by atoms with van der Waals surface area (Å²) in [6.45, 7) is 6.84. The lowest BCUT2D eigenvalue weighted by Gasteiger charge is -2.32. The third-order valence-corrected chi connectivity index (χ3v) is 5.03. The molecule has 1 aliphatic rings. The first kappa shape index (κ1) is 24.5. The summed E-state index contributed by atoms with van der Waals surface area (Å²) in [4.78, 5) is 38.1. The minimum atomic E-state index is -0.565. The van der Waals surface area contributed by atoms with E-state index in [-0.39, 0.29) is 30.8 Å². The molecular weight excluding hydrogens is 398 g/mol. The van der Waals surface area contributed by atoms with E-state index in [0.717, 1.165) is 24.2 Å². The Morgan fingerprint density at radius 2 is 1.77 bits per heavy atom. The maximum absolute atomic E-state index is 12.5. The number of para-hydroxylation sites is 1. The molecule has 2 rings (SSSR count). The number of nitrogens with zero attached hydrogens (tertiary/aromatic N) is 1. The van der Waals surface area contributed by atoms with E-state index in [4.69, 9.17) is 9.47 Å². The summed E-state index contributed by atoms with van der Waals surface area (Å²) in [5, 5.41) is 5.57. The van der Waals surface area contributed by atoms with Crippen molar-refractivity contribution in [1.82, 2.24) is 15.5 Å². The normalized spacial score (nSPS) is 14.6. The van der Waals surface area contributed by atoms with Crippen LogP contribution in [-0.2, 0) is 20.7 Å². The highest BCUT2D eigenvalue weighted by atomic mass is 16.6. The summed E-state index contributed by atoms with van der Waals surface area (Å²) < 4.78 is 10.5. The van der Waals surface area contributed by atoms with Crippen molar-refractivity contribution >= 4 is 17.9 Å². The maximum atomic E-state index is 12.5. The number of likely N-dealkylation sites (tertiary alicyclic amines) is 1. The molecule has 0 atom stereocenters. The zero-order valence-electron chi connectivity index (χ0n) is 19.0. The molecular formula is C23H35N3O5. The highest BCUT2D eigenvalue weighted by Crippen LogP contribution is 2.20. The zero-order chi connectivity index (χ0) is 22.9. The molecule has 8 nitrogen and oxygen atoms in total. The van der Waals surface area contributed by atoms with Crippen LogP contribution in [0.1, 0.15) is 52.0 Å². The Morgan fingerprint density at radius 3 is 2.42 bits per heavy atom. The molecule has 0 aliphatic carbocycles. The van der Waals surface area contributed by atoms with Gasteiger partial charge in [0.05, 0.1) is 7.11 Å². The minimum Gasteiger partial charge on any atom is -0.496 e. The van der Waals surface area contributed by atoms with Crippen LogP contribution < -0.4 is 15.4 Å². The van der Waals surface area contributed by atoms with Crippen LogP contribution in [0, 0.1) is 0 Å². The Kier molecular flexibility index (Phi) is 9.15. The number of carbonyl (C=O) groups is 3. The molecule has 1 fully saturated rings. The van der Waals surface area contributed by atoms with Crippen molar-refractivity contribution in [2.45, 2.75) is 64.5 Å². The lowest BCUT2D eigenvalue weighted by atomic mass is 10.0. The molecule has 0 saturated carbocycles. The van der Waals surface area contributed by atoms with Crippen LogP contribution in [0.25, 0.3) is 0 Å². The highest BCUT2D eigenvalue weighted by Gasteiger charge is 2.24. The van der Waals surface area contributed by atoms with Crippen molar-refractivity contribution in [1.29, 1.82) is 0 Å². The molecule has 31 heavy (non-hydrogen) atoms.